The van der Waals surface area contributed by atoms with Crippen LogP contribution in [0.5, 0.6) is 0 Å². The quantitative estimate of drug-likeness (QED) is 0.633. The first kappa shape index (κ1) is 16.2. The summed E-state index contributed by atoms with van der Waals surface area (Å²) in [4.78, 5) is 23.8. The lowest BCUT2D eigenvalue weighted by molar-refractivity contribution is -0.150. The van der Waals surface area contributed by atoms with Gasteiger partial charge >= 0.3 is 5.97 Å². The first-order valence-electron chi connectivity index (χ1n) is 6.57. The molecule has 0 bridgehead atoms. The Hall–Kier alpha value is -0.883. The van der Waals surface area contributed by atoms with E-state index in [0.717, 1.165) is 0 Å². The fraction of sp³-hybridized carbons (Fsp3) is 0.846. The van der Waals surface area contributed by atoms with Gasteiger partial charge in [-0.15, -0.1) is 0 Å². The van der Waals surface area contributed by atoms with Crippen LogP contribution in [0.2, 0.25) is 18.1 Å². The lowest BCUT2D eigenvalue weighted by Gasteiger charge is -2.38. The van der Waals surface area contributed by atoms with E-state index >= 15 is 0 Å². The smallest absolute Gasteiger partial charge is 0.313 e. The van der Waals surface area contributed by atoms with Crippen molar-refractivity contribution in [2.75, 3.05) is 7.11 Å². The number of carbonyl (C=O) groups is 2. The van der Waals surface area contributed by atoms with Crippen molar-refractivity contribution in [1.82, 2.24) is 5.32 Å². The molecule has 3 atom stereocenters. The van der Waals surface area contributed by atoms with E-state index in [9.17, 15) is 9.59 Å². The Morgan fingerprint density at radius 3 is 2.26 bits per heavy atom. The van der Waals surface area contributed by atoms with Crippen molar-refractivity contribution in [3.05, 3.63) is 0 Å². The minimum absolute atomic E-state index is 0.0141. The fourth-order valence-corrected chi connectivity index (χ4v) is 3.15. The molecule has 6 heteroatoms. The highest BCUT2D eigenvalue weighted by molar-refractivity contribution is 6.74. The molecule has 0 saturated carbocycles. The summed E-state index contributed by atoms with van der Waals surface area (Å²) in [7, 11) is -0.776. The molecule has 1 heterocycles. The van der Waals surface area contributed by atoms with E-state index < -0.39 is 26.3 Å². The van der Waals surface area contributed by atoms with Gasteiger partial charge in [0.1, 0.15) is 12.0 Å². The fourth-order valence-electron chi connectivity index (χ4n) is 1.91. The first-order valence-corrected chi connectivity index (χ1v) is 9.48. The van der Waals surface area contributed by atoms with E-state index in [2.05, 4.69) is 39.2 Å². The van der Waals surface area contributed by atoms with Crippen molar-refractivity contribution >= 4 is 20.2 Å². The minimum atomic E-state index is -2.11. The largest absolute Gasteiger partial charge is 0.469 e. The molecule has 0 unspecified atom stereocenters. The maximum absolute atomic E-state index is 12.0. The Bertz CT molecular complexity index is 375. The molecule has 1 aliphatic heterocycles. The molecular formula is C13H25NO4Si. The first-order chi connectivity index (χ1) is 8.51. The van der Waals surface area contributed by atoms with Gasteiger partial charge in [-0.3, -0.25) is 9.59 Å². The Morgan fingerprint density at radius 2 is 1.84 bits per heavy atom. The predicted molar refractivity (Wildman–Crippen MR) is 75.2 cm³/mol. The van der Waals surface area contributed by atoms with Gasteiger partial charge in [0.2, 0.25) is 5.91 Å². The Labute approximate surface area is 116 Å². The van der Waals surface area contributed by atoms with Gasteiger partial charge in [-0.05, 0) is 25.1 Å². The van der Waals surface area contributed by atoms with Crippen molar-refractivity contribution < 1.29 is 18.8 Å². The van der Waals surface area contributed by atoms with Gasteiger partial charge in [-0.2, -0.15) is 0 Å². The van der Waals surface area contributed by atoms with Gasteiger partial charge in [-0.25, -0.2) is 0 Å². The van der Waals surface area contributed by atoms with Gasteiger partial charge in [0, 0.05) is 6.04 Å². The van der Waals surface area contributed by atoms with E-state index in [1.54, 1.807) is 6.92 Å². The predicted octanol–water partition coefficient (Wildman–Crippen LogP) is 1.68. The van der Waals surface area contributed by atoms with Crippen LogP contribution >= 0.6 is 0 Å². The third-order valence-electron chi connectivity index (χ3n) is 4.19. The van der Waals surface area contributed by atoms with E-state index in [-0.39, 0.29) is 17.0 Å². The number of nitrogens with one attached hydrogen (secondary N) is 1. The molecule has 1 amide bonds. The minimum Gasteiger partial charge on any atom is -0.469 e. The highest BCUT2D eigenvalue weighted by Crippen LogP contribution is 2.39. The Kier molecular flexibility index (Phi) is 4.46. The molecule has 1 rings (SSSR count). The molecule has 1 fully saturated rings. The molecule has 5 nitrogen and oxygen atoms in total. The van der Waals surface area contributed by atoms with Gasteiger partial charge in [0.25, 0.3) is 0 Å². The normalized spacial score (nSPS) is 28.2. The summed E-state index contributed by atoms with van der Waals surface area (Å²) in [6, 6.07) is -0.255. The van der Waals surface area contributed by atoms with E-state index in [1.165, 1.54) is 7.11 Å². The lowest BCUT2D eigenvalue weighted by atomic mass is 10.00. The number of hydrogen-bond acceptors (Lipinski definition) is 4. The molecule has 0 aliphatic carbocycles. The van der Waals surface area contributed by atoms with Crippen LogP contribution in [0.25, 0.3) is 0 Å². The zero-order chi connectivity index (χ0) is 15.0. The summed E-state index contributed by atoms with van der Waals surface area (Å²) < 4.78 is 10.9. The van der Waals surface area contributed by atoms with Crippen molar-refractivity contribution in [2.24, 2.45) is 5.92 Å². The summed E-state index contributed by atoms with van der Waals surface area (Å²) in [6.45, 7) is 12.2. The van der Waals surface area contributed by atoms with Crippen LogP contribution in [0.15, 0.2) is 0 Å². The van der Waals surface area contributed by atoms with Crippen molar-refractivity contribution in [1.29, 1.82) is 0 Å². The molecule has 1 aliphatic rings. The van der Waals surface area contributed by atoms with Crippen molar-refractivity contribution in [3.8, 4) is 0 Å². The zero-order valence-electron chi connectivity index (χ0n) is 12.9. The molecule has 19 heavy (non-hydrogen) atoms. The topological polar surface area (TPSA) is 64.6 Å². The SMILES string of the molecule is COC(=O)[C@@H]1[C@H](C)NC(=O)[C@@H]1O[Si](C)(C)C(C)(C)C. The number of rotatable bonds is 3. The zero-order valence-corrected chi connectivity index (χ0v) is 13.9. The van der Waals surface area contributed by atoms with Gasteiger partial charge in [-0.1, -0.05) is 20.8 Å². The number of hydrogen-bond donors (Lipinski definition) is 1. The van der Waals surface area contributed by atoms with Crippen LogP contribution in [0.3, 0.4) is 0 Å². The molecule has 0 aromatic carbocycles. The third-order valence-corrected chi connectivity index (χ3v) is 8.65. The Balaban J connectivity index is 2.97. The molecule has 110 valence electrons. The van der Waals surface area contributed by atoms with E-state index in [0.29, 0.717) is 0 Å². The van der Waals surface area contributed by atoms with Gasteiger partial charge in [0.05, 0.1) is 7.11 Å². The molecule has 0 aromatic heterocycles. The summed E-state index contributed by atoms with van der Waals surface area (Å²) in [5.74, 6) is -1.17. The summed E-state index contributed by atoms with van der Waals surface area (Å²) in [6.07, 6.45) is -0.733. The van der Waals surface area contributed by atoms with Crippen LogP contribution in [0.1, 0.15) is 27.7 Å². The molecular weight excluding hydrogens is 262 g/mol. The summed E-state index contributed by atoms with van der Waals surface area (Å²) in [5, 5.41) is 2.75. The number of methoxy groups -OCH3 is 1. The monoisotopic (exact) mass is 287 g/mol. The average Bonchev–Trinajstić information content (AvgIpc) is 2.51. The molecule has 0 aromatic rings. The second-order valence-electron chi connectivity index (χ2n) is 6.64. The van der Waals surface area contributed by atoms with Crippen LogP contribution in [-0.2, 0) is 18.8 Å². The standard InChI is InChI=1S/C13H25NO4Si/c1-8-9(12(16)17-5)10(11(15)14-8)18-19(6,7)13(2,3)4/h8-10H,1-7H3,(H,14,15)/t8-,9+,10+/m0/s1. The Morgan fingerprint density at radius 1 is 1.32 bits per heavy atom. The van der Waals surface area contributed by atoms with Crippen LogP contribution in [-0.4, -0.2) is 39.4 Å². The maximum Gasteiger partial charge on any atom is 0.313 e. The number of ether oxygens (including phenoxy) is 1. The number of esters is 1. The van der Waals surface area contributed by atoms with E-state index in [1.807, 2.05) is 0 Å². The molecule has 1 N–H and O–H groups in total. The summed E-state index contributed by atoms with van der Waals surface area (Å²) >= 11 is 0. The second kappa shape index (κ2) is 5.24. The molecule has 1 saturated heterocycles. The number of amides is 1. The van der Waals surface area contributed by atoms with Crippen molar-refractivity contribution in [2.45, 2.75) is 58.0 Å². The van der Waals surface area contributed by atoms with Gasteiger partial charge < -0.3 is 14.5 Å². The van der Waals surface area contributed by atoms with E-state index in [4.69, 9.17) is 9.16 Å². The average molecular weight is 287 g/mol. The lowest BCUT2D eigenvalue weighted by Crippen LogP contribution is -2.48. The van der Waals surface area contributed by atoms with Crippen LogP contribution in [0.4, 0.5) is 0 Å². The number of carbonyl (C=O) groups excluding carboxylic acids is 2. The summed E-state index contributed by atoms with van der Waals surface area (Å²) in [5.41, 5.74) is 0. The molecule has 0 radical (unpaired) electrons. The van der Waals surface area contributed by atoms with Crippen LogP contribution in [0, 0.1) is 5.92 Å². The highest BCUT2D eigenvalue weighted by Gasteiger charge is 2.50. The maximum atomic E-state index is 12.0. The second-order valence-corrected chi connectivity index (χ2v) is 11.4. The third kappa shape index (κ3) is 3.17. The highest BCUT2D eigenvalue weighted by atomic mass is 28.4. The van der Waals surface area contributed by atoms with Gasteiger partial charge in [0.15, 0.2) is 8.32 Å². The van der Waals surface area contributed by atoms with Crippen molar-refractivity contribution in [3.63, 3.8) is 0 Å². The van der Waals surface area contributed by atoms with Crippen LogP contribution < -0.4 is 5.32 Å². The molecule has 0 spiro atoms.